The van der Waals surface area contributed by atoms with Crippen LogP contribution in [0.15, 0.2) is 49.2 Å². The highest BCUT2D eigenvalue weighted by molar-refractivity contribution is 7.16. The first-order valence-electron chi connectivity index (χ1n) is 9.13. The summed E-state index contributed by atoms with van der Waals surface area (Å²) in [6, 6.07) is 10.2. The number of rotatable bonds is 4. The minimum absolute atomic E-state index is 0.0111. The van der Waals surface area contributed by atoms with Crippen molar-refractivity contribution in [2.45, 2.75) is 25.9 Å². The van der Waals surface area contributed by atoms with E-state index in [0.29, 0.717) is 18.9 Å². The first-order valence-corrected chi connectivity index (χ1v) is 10.3. The van der Waals surface area contributed by atoms with Gasteiger partial charge in [-0.15, -0.1) is 11.3 Å². The molecule has 2 N–H and O–H groups in total. The van der Waals surface area contributed by atoms with Crippen molar-refractivity contribution >= 4 is 34.7 Å². The van der Waals surface area contributed by atoms with Crippen molar-refractivity contribution in [2.24, 2.45) is 0 Å². The summed E-state index contributed by atoms with van der Waals surface area (Å²) in [4.78, 5) is 15.3. The zero-order valence-corrected chi connectivity index (χ0v) is 17.1. The van der Waals surface area contributed by atoms with Gasteiger partial charge in [0, 0.05) is 35.6 Å². The van der Waals surface area contributed by atoms with Crippen LogP contribution in [0.1, 0.15) is 28.8 Å². The largest absolute Gasteiger partial charge is 0.382 e. The van der Waals surface area contributed by atoms with Crippen LogP contribution >= 0.6 is 22.9 Å². The number of aryl methyl sites for hydroxylation is 1. The summed E-state index contributed by atoms with van der Waals surface area (Å²) in [6.07, 6.45) is 3.34. The van der Waals surface area contributed by atoms with Gasteiger partial charge < -0.3 is 10.6 Å². The molecule has 1 aliphatic rings. The molecule has 3 heterocycles. The number of hydrogen-bond acceptors (Lipinski definition) is 4. The molecule has 0 fully saturated rings. The van der Waals surface area contributed by atoms with E-state index in [0.717, 1.165) is 32.4 Å². The normalized spacial score (nSPS) is 16.1. The molecule has 5 nitrogen and oxygen atoms in total. The van der Waals surface area contributed by atoms with Gasteiger partial charge in [0.2, 0.25) is 5.91 Å². The fraction of sp³-hybridized carbons (Fsp3) is 0.238. The molecule has 0 unspecified atom stereocenters. The first-order chi connectivity index (χ1) is 13.5. The van der Waals surface area contributed by atoms with Gasteiger partial charge >= 0.3 is 0 Å². The summed E-state index contributed by atoms with van der Waals surface area (Å²) in [5.74, 6) is 0.445. The van der Waals surface area contributed by atoms with Gasteiger partial charge in [-0.2, -0.15) is 5.10 Å². The van der Waals surface area contributed by atoms with Crippen LogP contribution in [0, 0.1) is 0 Å². The zero-order valence-electron chi connectivity index (χ0n) is 15.6. The number of thiophene rings is 1. The lowest BCUT2D eigenvalue weighted by molar-refractivity contribution is -0.127. The Labute approximate surface area is 173 Å². The quantitative estimate of drug-likeness (QED) is 0.640. The summed E-state index contributed by atoms with van der Waals surface area (Å²) < 4.78 is 2.57. The van der Waals surface area contributed by atoms with E-state index >= 15 is 0 Å². The van der Waals surface area contributed by atoms with Crippen molar-refractivity contribution in [1.82, 2.24) is 14.7 Å². The number of amides is 1. The Morgan fingerprint density at radius 2 is 2.18 bits per heavy atom. The molecule has 1 atom stereocenters. The van der Waals surface area contributed by atoms with Crippen LogP contribution in [0.25, 0.3) is 11.1 Å². The summed E-state index contributed by atoms with van der Waals surface area (Å²) in [5.41, 5.74) is 10.4. The predicted molar refractivity (Wildman–Crippen MR) is 115 cm³/mol. The third kappa shape index (κ3) is 3.23. The second-order valence-corrected chi connectivity index (χ2v) is 8.54. The molecule has 1 amide bonds. The van der Waals surface area contributed by atoms with Crippen LogP contribution in [0.5, 0.6) is 0 Å². The standard InChI is InChI=1S/C21H21ClN4OS/c1-3-20(27)25-10-16(15-9-19(22)28-18(15)12-25)13-7-5-6-8-14(13)17-11-26(4-2)24-21(17)23/h3,5-9,11,16H,1,4,10,12H2,2H3,(H2,23,24)/t16-/m0/s1. The van der Waals surface area contributed by atoms with E-state index in [-0.39, 0.29) is 11.8 Å². The minimum atomic E-state index is -0.0732. The highest BCUT2D eigenvalue weighted by Gasteiger charge is 2.32. The maximum atomic E-state index is 12.4. The molecule has 1 aliphatic heterocycles. The smallest absolute Gasteiger partial charge is 0.246 e. The maximum Gasteiger partial charge on any atom is 0.246 e. The predicted octanol–water partition coefficient (Wildman–Crippen LogP) is 4.53. The Hall–Kier alpha value is -2.57. The second kappa shape index (κ2) is 7.45. The Morgan fingerprint density at radius 3 is 2.89 bits per heavy atom. The Kier molecular flexibility index (Phi) is 5.00. The van der Waals surface area contributed by atoms with Crippen LogP contribution in [-0.4, -0.2) is 27.1 Å². The molecule has 1 aromatic carbocycles. The van der Waals surface area contributed by atoms with Gasteiger partial charge in [0.05, 0.1) is 10.9 Å². The third-order valence-corrected chi connectivity index (χ3v) is 6.42. The summed E-state index contributed by atoms with van der Waals surface area (Å²) in [5, 5.41) is 4.39. The van der Waals surface area contributed by atoms with Crippen molar-refractivity contribution in [3.8, 4) is 11.1 Å². The van der Waals surface area contributed by atoms with E-state index in [1.807, 2.05) is 40.9 Å². The van der Waals surface area contributed by atoms with E-state index in [2.05, 4.69) is 23.8 Å². The molecule has 0 spiro atoms. The molecular formula is C21H21ClN4OS. The molecule has 28 heavy (non-hydrogen) atoms. The zero-order chi connectivity index (χ0) is 19.8. The monoisotopic (exact) mass is 412 g/mol. The highest BCUT2D eigenvalue weighted by Crippen LogP contribution is 2.43. The second-order valence-electron chi connectivity index (χ2n) is 6.78. The van der Waals surface area contributed by atoms with E-state index in [9.17, 15) is 4.79 Å². The molecule has 0 bridgehead atoms. The molecule has 0 saturated carbocycles. The van der Waals surface area contributed by atoms with Crippen molar-refractivity contribution in [3.05, 3.63) is 69.5 Å². The summed E-state index contributed by atoms with van der Waals surface area (Å²) >= 11 is 7.86. The van der Waals surface area contributed by atoms with Gasteiger partial charge in [-0.25, -0.2) is 0 Å². The lowest BCUT2D eigenvalue weighted by Gasteiger charge is -2.33. The SMILES string of the molecule is C=CC(=O)N1Cc2sc(Cl)cc2[C@H](c2ccccc2-c2cn(CC)nc2N)C1. The van der Waals surface area contributed by atoms with Gasteiger partial charge in [-0.3, -0.25) is 9.48 Å². The topological polar surface area (TPSA) is 64.2 Å². The van der Waals surface area contributed by atoms with Gasteiger partial charge in [0.25, 0.3) is 0 Å². The van der Waals surface area contributed by atoms with E-state index in [1.165, 1.54) is 23.0 Å². The number of anilines is 1. The number of carbonyl (C=O) groups excluding carboxylic acids is 1. The van der Waals surface area contributed by atoms with Crippen LogP contribution in [0.3, 0.4) is 0 Å². The molecule has 3 aromatic rings. The van der Waals surface area contributed by atoms with Crippen molar-refractivity contribution in [3.63, 3.8) is 0 Å². The van der Waals surface area contributed by atoms with Crippen LogP contribution < -0.4 is 5.73 Å². The Bertz CT molecular complexity index is 1050. The number of nitrogens with two attached hydrogens (primary N) is 1. The molecule has 0 saturated heterocycles. The summed E-state index contributed by atoms with van der Waals surface area (Å²) in [6.45, 7) is 7.56. The van der Waals surface area contributed by atoms with Crippen molar-refractivity contribution in [2.75, 3.05) is 12.3 Å². The number of benzene rings is 1. The van der Waals surface area contributed by atoms with Crippen molar-refractivity contribution < 1.29 is 4.79 Å². The number of hydrogen-bond donors (Lipinski definition) is 1. The average molecular weight is 413 g/mol. The lowest BCUT2D eigenvalue weighted by atomic mass is 9.84. The number of carbonyl (C=O) groups is 1. The number of fused-ring (bicyclic) bond motifs is 1. The van der Waals surface area contributed by atoms with E-state index < -0.39 is 0 Å². The lowest BCUT2D eigenvalue weighted by Crippen LogP contribution is -2.37. The Morgan fingerprint density at radius 1 is 1.39 bits per heavy atom. The molecule has 0 aliphatic carbocycles. The van der Waals surface area contributed by atoms with E-state index in [1.54, 1.807) is 0 Å². The number of nitrogens with zero attached hydrogens (tertiary/aromatic N) is 3. The molecule has 4 rings (SSSR count). The molecule has 7 heteroatoms. The number of halogens is 1. The highest BCUT2D eigenvalue weighted by atomic mass is 35.5. The molecule has 2 aromatic heterocycles. The number of aromatic nitrogens is 2. The van der Waals surface area contributed by atoms with Crippen LogP contribution in [0.2, 0.25) is 4.34 Å². The fourth-order valence-corrected chi connectivity index (χ4v) is 5.16. The van der Waals surface area contributed by atoms with Gasteiger partial charge in [-0.1, -0.05) is 42.4 Å². The van der Waals surface area contributed by atoms with Crippen molar-refractivity contribution in [1.29, 1.82) is 0 Å². The fourth-order valence-electron chi connectivity index (χ4n) is 3.80. The number of nitrogen functional groups attached to an aromatic ring is 1. The van der Waals surface area contributed by atoms with Gasteiger partial charge in [0.15, 0.2) is 5.82 Å². The molecule has 144 valence electrons. The average Bonchev–Trinajstić information content (AvgIpc) is 3.27. The first kappa shape index (κ1) is 18.8. The molecule has 0 radical (unpaired) electrons. The van der Waals surface area contributed by atoms with Gasteiger partial charge in [-0.05, 0) is 35.8 Å². The van der Waals surface area contributed by atoms with Crippen LogP contribution in [0.4, 0.5) is 5.82 Å². The van der Waals surface area contributed by atoms with Crippen LogP contribution in [-0.2, 0) is 17.9 Å². The van der Waals surface area contributed by atoms with Gasteiger partial charge in [0.1, 0.15) is 0 Å². The third-order valence-electron chi connectivity index (χ3n) is 5.15. The maximum absolute atomic E-state index is 12.4. The summed E-state index contributed by atoms with van der Waals surface area (Å²) in [7, 11) is 0. The van der Waals surface area contributed by atoms with E-state index in [4.69, 9.17) is 17.3 Å². The minimum Gasteiger partial charge on any atom is -0.382 e. The Balaban J connectivity index is 1.85. The molecular weight excluding hydrogens is 392 g/mol.